The highest BCUT2D eigenvalue weighted by molar-refractivity contribution is 5.83. The van der Waals surface area contributed by atoms with Gasteiger partial charge in [-0.3, -0.25) is 9.59 Å². The molecule has 0 spiro atoms. The molecule has 0 aliphatic carbocycles. The lowest BCUT2D eigenvalue weighted by Crippen LogP contribution is -2.56. The van der Waals surface area contributed by atoms with Gasteiger partial charge in [-0.1, -0.05) is 0 Å². The molecule has 2 aliphatic rings. The van der Waals surface area contributed by atoms with Crippen molar-refractivity contribution in [2.24, 2.45) is 0 Å². The molecule has 0 aromatic rings. The van der Waals surface area contributed by atoms with E-state index in [1.165, 1.54) is 0 Å². The molecule has 2 amide bonds. The van der Waals surface area contributed by atoms with Gasteiger partial charge in [-0.05, 0) is 20.4 Å². The van der Waals surface area contributed by atoms with Gasteiger partial charge in [0.15, 0.2) is 0 Å². The first-order chi connectivity index (χ1) is 7.63. The van der Waals surface area contributed by atoms with Crippen molar-refractivity contribution in [3.8, 4) is 0 Å². The molecule has 2 aliphatic heterocycles. The summed E-state index contributed by atoms with van der Waals surface area (Å²) in [6, 6.07) is 0.123. The van der Waals surface area contributed by atoms with Crippen LogP contribution in [0.3, 0.4) is 0 Å². The van der Waals surface area contributed by atoms with Crippen molar-refractivity contribution >= 4 is 11.8 Å². The van der Waals surface area contributed by atoms with Gasteiger partial charge < -0.3 is 15.1 Å². The van der Waals surface area contributed by atoms with Gasteiger partial charge in [0.1, 0.15) is 0 Å². The Morgan fingerprint density at radius 2 is 2.25 bits per heavy atom. The second kappa shape index (κ2) is 4.41. The van der Waals surface area contributed by atoms with Crippen LogP contribution in [0.5, 0.6) is 0 Å². The van der Waals surface area contributed by atoms with Crippen LogP contribution >= 0.6 is 0 Å². The summed E-state index contributed by atoms with van der Waals surface area (Å²) in [6.07, 6.45) is 1.55. The molecule has 5 heteroatoms. The first kappa shape index (κ1) is 11.4. The van der Waals surface area contributed by atoms with Crippen LogP contribution in [0, 0.1) is 0 Å². The number of likely N-dealkylation sites (N-methyl/N-ethyl adjacent to an activating group) is 1. The lowest BCUT2D eigenvalue weighted by molar-refractivity contribution is -0.140. The Kier molecular flexibility index (Phi) is 3.14. The Morgan fingerprint density at radius 3 is 2.94 bits per heavy atom. The van der Waals surface area contributed by atoms with Crippen LogP contribution in [0.2, 0.25) is 0 Å². The molecule has 2 atom stereocenters. The molecule has 2 rings (SSSR count). The number of rotatable bonds is 2. The normalized spacial score (nSPS) is 26.9. The smallest absolute Gasteiger partial charge is 0.239 e. The van der Waals surface area contributed by atoms with Crippen LogP contribution in [0.25, 0.3) is 0 Å². The first-order valence-electron chi connectivity index (χ1n) is 5.89. The molecule has 0 radical (unpaired) electrons. The summed E-state index contributed by atoms with van der Waals surface area (Å²) in [5.41, 5.74) is 0. The van der Waals surface area contributed by atoms with Gasteiger partial charge in [-0.2, -0.15) is 0 Å². The molecular formula is C11H19N3O2. The van der Waals surface area contributed by atoms with Crippen LogP contribution in [-0.4, -0.2) is 60.4 Å². The topological polar surface area (TPSA) is 52.7 Å². The molecule has 2 saturated heterocycles. The fraction of sp³-hybridized carbons (Fsp3) is 0.818. The predicted octanol–water partition coefficient (Wildman–Crippen LogP) is -0.572. The van der Waals surface area contributed by atoms with E-state index in [-0.39, 0.29) is 23.9 Å². The minimum Gasteiger partial charge on any atom is -0.338 e. The highest BCUT2D eigenvalue weighted by atomic mass is 16.2. The number of carbonyl (C=O) groups is 2. The Morgan fingerprint density at radius 1 is 1.50 bits per heavy atom. The summed E-state index contributed by atoms with van der Waals surface area (Å²) in [5, 5.41) is 2.96. The quantitative estimate of drug-likeness (QED) is 0.684. The number of carbonyl (C=O) groups excluding carboxylic acids is 2. The van der Waals surface area contributed by atoms with Crippen LogP contribution in [0.1, 0.15) is 19.8 Å². The molecule has 5 nitrogen and oxygen atoms in total. The Bertz CT molecular complexity index is 306. The van der Waals surface area contributed by atoms with Crippen molar-refractivity contribution < 1.29 is 9.59 Å². The van der Waals surface area contributed by atoms with E-state index in [1.807, 2.05) is 16.7 Å². The summed E-state index contributed by atoms with van der Waals surface area (Å²) in [5.74, 6) is 0.389. The van der Waals surface area contributed by atoms with Crippen molar-refractivity contribution in [3.05, 3.63) is 0 Å². The van der Waals surface area contributed by atoms with Crippen LogP contribution in [0.4, 0.5) is 0 Å². The van der Waals surface area contributed by atoms with E-state index < -0.39 is 0 Å². The summed E-state index contributed by atoms with van der Waals surface area (Å²) >= 11 is 0. The Balaban J connectivity index is 1.96. The average molecular weight is 225 g/mol. The lowest BCUT2D eigenvalue weighted by atomic mass is 10.1. The highest BCUT2D eigenvalue weighted by Crippen LogP contribution is 2.22. The van der Waals surface area contributed by atoms with E-state index in [0.29, 0.717) is 26.1 Å². The Labute approximate surface area is 95.8 Å². The third kappa shape index (κ3) is 1.91. The molecule has 0 saturated carbocycles. The van der Waals surface area contributed by atoms with Gasteiger partial charge in [0, 0.05) is 32.1 Å². The fourth-order valence-corrected chi connectivity index (χ4v) is 2.46. The number of nitrogens with one attached hydrogen (secondary N) is 1. The maximum absolute atomic E-state index is 12.0. The second-order valence-electron chi connectivity index (χ2n) is 4.57. The molecule has 1 N–H and O–H groups in total. The van der Waals surface area contributed by atoms with Crippen molar-refractivity contribution in [1.82, 2.24) is 15.1 Å². The summed E-state index contributed by atoms with van der Waals surface area (Å²) < 4.78 is 0. The molecular weight excluding hydrogens is 206 g/mol. The molecule has 2 unspecified atom stereocenters. The van der Waals surface area contributed by atoms with E-state index in [1.54, 1.807) is 7.05 Å². The number of piperazine rings is 1. The van der Waals surface area contributed by atoms with Gasteiger partial charge in [-0.15, -0.1) is 0 Å². The monoisotopic (exact) mass is 225 g/mol. The zero-order valence-corrected chi connectivity index (χ0v) is 9.90. The van der Waals surface area contributed by atoms with Crippen molar-refractivity contribution in [1.29, 1.82) is 0 Å². The lowest BCUT2D eigenvalue weighted by Gasteiger charge is -2.38. The zero-order valence-electron chi connectivity index (χ0n) is 9.90. The van der Waals surface area contributed by atoms with Crippen LogP contribution in [-0.2, 0) is 9.59 Å². The minimum absolute atomic E-state index is 0.136. The van der Waals surface area contributed by atoms with Gasteiger partial charge in [0.25, 0.3) is 0 Å². The molecule has 16 heavy (non-hydrogen) atoms. The van der Waals surface area contributed by atoms with Gasteiger partial charge >= 0.3 is 0 Å². The van der Waals surface area contributed by atoms with Crippen molar-refractivity contribution in [3.63, 3.8) is 0 Å². The number of hydrogen-bond donors (Lipinski definition) is 1. The van der Waals surface area contributed by atoms with E-state index in [4.69, 9.17) is 0 Å². The van der Waals surface area contributed by atoms with E-state index >= 15 is 0 Å². The second-order valence-corrected chi connectivity index (χ2v) is 4.57. The summed E-state index contributed by atoms with van der Waals surface area (Å²) in [6.45, 7) is 3.95. The summed E-state index contributed by atoms with van der Waals surface area (Å²) in [7, 11) is 1.79. The number of amides is 2. The van der Waals surface area contributed by atoms with E-state index in [9.17, 15) is 9.59 Å². The third-order valence-electron chi connectivity index (χ3n) is 3.61. The molecule has 90 valence electrons. The molecule has 0 aromatic heterocycles. The predicted molar refractivity (Wildman–Crippen MR) is 59.8 cm³/mol. The fourth-order valence-electron chi connectivity index (χ4n) is 2.46. The molecule has 2 fully saturated rings. The molecule has 0 bridgehead atoms. The van der Waals surface area contributed by atoms with Crippen molar-refractivity contribution in [2.75, 3.05) is 26.7 Å². The van der Waals surface area contributed by atoms with Gasteiger partial charge in [0.05, 0.1) is 6.04 Å². The minimum atomic E-state index is -0.136. The van der Waals surface area contributed by atoms with Crippen LogP contribution < -0.4 is 5.32 Å². The maximum Gasteiger partial charge on any atom is 0.239 e. The number of nitrogens with zero attached hydrogens (tertiary/aromatic N) is 2. The third-order valence-corrected chi connectivity index (χ3v) is 3.61. The number of hydrogen-bond acceptors (Lipinski definition) is 3. The standard InChI is InChI=1S/C11H19N3O2/c1-8(12-2)11(16)13-5-6-14-9(7-13)3-4-10(14)15/h8-9,12H,3-7H2,1-2H3. The molecule has 0 aromatic carbocycles. The maximum atomic E-state index is 12.0. The first-order valence-corrected chi connectivity index (χ1v) is 5.89. The van der Waals surface area contributed by atoms with Gasteiger partial charge in [-0.25, -0.2) is 0 Å². The van der Waals surface area contributed by atoms with E-state index in [2.05, 4.69) is 5.32 Å². The van der Waals surface area contributed by atoms with Crippen LogP contribution in [0.15, 0.2) is 0 Å². The van der Waals surface area contributed by atoms with Gasteiger partial charge in [0.2, 0.25) is 11.8 Å². The average Bonchev–Trinajstić information content (AvgIpc) is 2.68. The highest BCUT2D eigenvalue weighted by Gasteiger charge is 2.37. The largest absolute Gasteiger partial charge is 0.338 e. The SMILES string of the molecule is CNC(C)C(=O)N1CCN2C(=O)CCC2C1. The van der Waals surface area contributed by atoms with E-state index in [0.717, 1.165) is 6.42 Å². The number of fused-ring (bicyclic) bond motifs is 1. The van der Waals surface area contributed by atoms with Crippen molar-refractivity contribution in [2.45, 2.75) is 31.8 Å². The zero-order chi connectivity index (χ0) is 11.7. The molecule has 2 heterocycles. The summed E-state index contributed by atoms with van der Waals surface area (Å²) in [4.78, 5) is 27.2. The Hall–Kier alpha value is -1.10.